The third kappa shape index (κ3) is 4.64. The van der Waals surface area contributed by atoms with Crippen LogP contribution in [0.25, 0.3) is 6.08 Å². The van der Waals surface area contributed by atoms with Gasteiger partial charge in [0, 0.05) is 11.1 Å². The molecule has 0 aliphatic heterocycles. The number of hydrogen-bond donors (Lipinski definition) is 1. The first-order chi connectivity index (χ1) is 11.0. The topological polar surface area (TPSA) is 68.3 Å². The van der Waals surface area contributed by atoms with Crippen molar-refractivity contribution in [1.82, 2.24) is 4.98 Å². The fourth-order valence-electron chi connectivity index (χ4n) is 1.76. The highest BCUT2D eigenvalue weighted by molar-refractivity contribution is 7.17. The van der Waals surface area contributed by atoms with Crippen LogP contribution in [0.3, 0.4) is 0 Å². The molecule has 0 bridgehead atoms. The first-order valence-electron chi connectivity index (χ1n) is 6.89. The van der Waals surface area contributed by atoms with E-state index in [-0.39, 0.29) is 5.91 Å². The van der Waals surface area contributed by atoms with E-state index in [1.807, 2.05) is 12.1 Å². The Balaban J connectivity index is 2.05. The van der Waals surface area contributed by atoms with Gasteiger partial charge in [0.15, 0.2) is 5.13 Å². The van der Waals surface area contributed by atoms with Crippen molar-refractivity contribution >= 4 is 46.0 Å². The van der Waals surface area contributed by atoms with Gasteiger partial charge < -0.3 is 4.74 Å². The number of esters is 1. The van der Waals surface area contributed by atoms with Crippen LogP contribution < -0.4 is 5.32 Å². The molecule has 0 saturated heterocycles. The number of amides is 1. The fraction of sp³-hybridized carbons (Fsp3) is 0.188. The highest BCUT2D eigenvalue weighted by atomic mass is 35.5. The van der Waals surface area contributed by atoms with Crippen LogP contribution >= 0.6 is 22.9 Å². The lowest BCUT2D eigenvalue weighted by Crippen LogP contribution is -2.07. The number of ether oxygens (including phenoxy) is 1. The summed E-state index contributed by atoms with van der Waals surface area (Å²) in [5.41, 5.74) is 1.27. The van der Waals surface area contributed by atoms with Crippen molar-refractivity contribution in [2.75, 3.05) is 11.9 Å². The second-order valence-electron chi connectivity index (χ2n) is 4.50. The molecule has 0 unspecified atom stereocenters. The first kappa shape index (κ1) is 17.2. The van der Waals surface area contributed by atoms with Crippen LogP contribution in [-0.4, -0.2) is 23.5 Å². The zero-order chi connectivity index (χ0) is 16.8. The largest absolute Gasteiger partial charge is 0.462 e. The summed E-state index contributed by atoms with van der Waals surface area (Å²) in [5.74, 6) is -0.788. The number of anilines is 1. The van der Waals surface area contributed by atoms with Gasteiger partial charge in [-0.05, 0) is 31.6 Å². The fourth-order valence-corrected chi connectivity index (χ4v) is 2.82. The molecule has 0 aliphatic rings. The summed E-state index contributed by atoms with van der Waals surface area (Å²) in [6, 6.07) is 7.20. The standard InChI is InChI=1S/C16H15ClN2O3S/c1-3-22-15(21)14-10(2)18-16(23-14)19-13(20)9-8-11-6-4-5-7-12(11)17/h4-9H,3H2,1-2H3,(H,18,19,20). The highest BCUT2D eigenvalue weighted by Crippen LogP contribution is 2.23. The van der Waals surface area contributed by atoms with Gasteiger partial charge in [-0.2, -0.15) is 0 Å². The van der Waals surface area contributed by atoms with E-state index in [0.717, 1.165) is 16.9 Å². The molecule has 2 aromatic rings. The quantitative estimate of drug-likeness (QED) is 0.655. The Kier molecular flexibility index (Phi) is 5.90. The van der Waals surface area contributed by atoms with E-state index in [2.05, 4.69) is 10.3 Å². The van der Waals surface area contributed by atoms with E-state index in [4.69, 9.17) is 16.3 Å². The molecule has 1 aromatic heterocycles. The van der Waals surface area contributed by atoms with E-state index < -0.39 is 5.97 Å². The molecule has 2 rings (SSSR count). The predicted octanol–water partition coefficient (Wildman–Crippen LogP) is 3.93. The lowest BCUT2D eigenvalue weighted by Gasteiger charge is -1.98. The van der Waals surface area contributed by atoms with Gasteiger partial charge in [0.1, 0.15) is 4.88 Å². The molecule has 5 nitrogen and oxygen atoms in total. The van der Waals surface area contributed by atoms with Gasteiger partial charge in [-0.15, -0.1) is 0 Å². The number of hydrogen-bond acceptors (Lipinski definition) is 5. The maximum absolute atomic E-state index is 11.9. The van der Waals surface area contributed by atoms with Crippen molar-refractivity contribution in [3.63, 3.8) is 0 Å². The van der Waals surface area contributed by atoms with Crippen molar-refractivity contribution < 1.29 is 14.3 Å². The average Bonchev–Trinajstić information content (AvgIpc) is 2.87. The van der Waals surface area contributed by atoms with Crippen molar-refractivity contribution in [2.24, 2.45) is 0 Å². The highest BCUT2D eigenvalue weighted by Gasteiger charge is 2.16. The van der Waals surface area contributed by atoms with Crippen LogP contribution in [0.15, 0.2) is 30.3 Å². The van der Waals surface area contributed by atoms with Gasteiger partial charge in [-0.1, -0.05) is 41.1 Å². The molecule has 0 fully saturated rings. The smallest absolute Gasteiger partial charge is 0.350 e. The van der Waals surface area contributed by atoms with E-state index in [9.17, 15) is 9.59 Å². The molecule has 1 N–H and O–H groups in total. The molecular weight excluding hydrogens is 336 g/mol. The number of thiazole rings is 1. The van der Waals surface area contributed by atoms with Gasteiger partial charge in [0.05, 0.1) is 12.3 Å². The molecule has 1 aromatic carbocycles. The maximum Gasteiger partial charge on any atom is 0.350 e. The summed E-state index contributed by atoms with van der Waals surface area (Å²) in [7, 11) is 0. The summed E-state index contributed by atoms with van der Waals surface area (Å²) < 4.78 is 4.94. The SMILES string of the molecule is CCOC(=O)c1sc(NC(=O)C=Cc2ccccc2Cl)nc1C. The Morgan fingerprint density at radius 2 is 2.13 bits per heavy atom. The predicted molar refractivity (Wildman–Crippen MR) is 91.9 cm³/mol. The summed E-state index contributed by atoms with van der Waals surface area (Å²) in [6.07, 6.45) is 2.98. The number of aryl methyl sites for hydroxylation is 1. The number of aromatic nitrogens is 1. The Hall–Kier alpha value is -2.18. The molecule has 120 valence electrons. The van der Waals surface area contributed by atoms with Gasteiger partial charge in [0.2, 0.25) is 5.91 Å². The van der Waals surface area contributed by atoms with Crippen LogP contribution in [-0.2, 0) is 9.53 Å². The van der Waals surface area contributed by atoms with Gasteiger partial charge in [-0.25, -0.2) is 9.78 Å². The molecule has 0 radical (unpaired) electrons. The monoisotopic (exact) mass is 350 g/mol. The van der Waals surface area contributed by atoms with E-state index in [1.54, 1.807) is 32.1 Å². The molecule has 0 aliphatic carbocycles. The van der Waals surface area contributed by atoms with Crippen molar-refractivity contribution in [1.29, 1.82) is 0 Å². The zero-order valence-corrected chi connectivity index (χ0v) is 14.2. The minimum Gasteiger partial charge on any atom is -0.462 e. The maximum atomic E-state index is 11.9. The van der Waals surface area contributed by atoms with Crippen molar-refractivity contribution in [2.45, 2.75) is 13.8 Å². The summed E-state index contributed by atoms with van der Waals surface area (Å²) in [5, 5.41) is 3.53. The Morgan fingerprint density at radius 1 is 1.39 bits per heavy atom. The van der Waals surface area contributed by atoms with Crippen molar-refractivity contribution in [3.8, 4) is 0 Å². The Morgan fingerprint density at radius 3 is 2.83 bits per heavy atom. The van der Waals surface area contributed by atoms with Crippen LogP contribution in [0, 0.1) is 6.92 Å². The molecule has 0 atom stereocenters. The summed E-state index contributed by atoms with van der Waals surface area (Å²) in [6.45, 7) is 3.72. The third-order valence-corrected chi connectivity index (χ3v) is 4.20. The summed E-state index contributed by atoms with van der Waals surface area (Å²) >= 11 is 7.10. The van der Waals surface area contributed by atoms with Crippen LogP contribution in [0.1, 0.15) is 27.9 Å². The summed E-state index contributed by atoms with van der Waals surface area (Å²) in [4.78, 5) is 28.2. The molecule has 0 saturated carbocycles. The molecule has 1 heterocycles. The second kappa shape index (κ2) is 7.89. The number of nitrogens with one attached hydrogen (secondary N) is 1. The minimum absolute atomic E-state index is 0.290. The third-order valence-electron chi connectivity index (χ3n) is 2.81. The van der Waals surface area contributed by atoms with Crippen LogP contribution in [0.4, 0.5) is 5.13 Å². The molecule has 23 heavy (non-hydrogen) atoms. The molecule has 0 spiro atoms. The Bertz CT molecular complexity index is 756. The first-order valence-corrected chi connectivity index (χ1v) is 8.09. The zero-order valence-electron chi connectivity index (χ0n) is 12.6. The van der Waals surface area contributed by atoms with Gasteiger partial charge in [0.25, 0.3) is 0 Å². The normalized spacial score (nSPS) is 10.7. The molecule has 7 heteroatoms. The molecular formula is C16H15ClN2O3S. The number of rotatable bonds is 5. The van der Waals surface area contributed by atoms with E-state index in [0.29, 0.717) is 27.3 Å². The van der Waals surface area contributed by atoms with E-state index in [1.165, 1.54) is 6.08 Å². The lowest BCUT2D eigenvalue weighted by molar-refractivity contribution is -0.111. The number of carbonyl (C=O) groups excluding carboxylic acids is 2. The van der Waals surface area contributed by atoms with E-state index >= 15 is 0 Å². The van der Waals surface area contributed by atoms with Crippen LogP contribution in [0.5, 0.6) is 0 Å². The average molecular weight is 351 g/mol. The number of benzene rings is 1. The Labute approximate surface area is 143 Å². The van der Waals surface area contributed by atoms with Crippen LogP contribution in [0.2, 0.25) is 5.02 Å². The van der Waals surface area contributed by atoms with Gasteiger partial charge in [-0.3, -0.25) is 10.1 Å². The second-order valence-corrected chi connectivity index (χ2v) is 5.90. The lowest BCUT2D eigenvalue weighted by atomic mass is 10.2. The number of carbonyl (C=O) groups is 2. The number of halogens is 1. The number of nitrogens with zero attached hydrogens (tertiary/aromatic N) is 1. The van der Waals surface area contributed by atoms with Gasteiger partial charge >= 0.3 is 5.97 Å². The molecule has 1 amide bonds. The minimum atomic E-state index is -0.436. The van der Waals surface area contributed by atoms with Crippen molar-refractivity contribution in [3.05, 3.63) is 51.5 Å².